The number of carbonyl (C=O) groups is 1. The fraction of sp³-hybridized carbons (Fsp3) is 0.278. The first-order valence-corrected chi connectivity index (χ1v) is 9.04. The molecule has 1 aromatic carbocycles. The fourth-order valence-corrected chi connectivity index (χ4v) is 3.24. The smallest absolute Gasteiger partial charge is 0.233 e. The predicted octanol–water partition coefficient (Wildman–Crippen LogP) is 2.88. The summed E-state index contributed by atoms with van der Waals surface area (Å²) >= 11 is 1.39. The maximum atomic E-state index is 12.4. The molecule has 0 atom stereocenters. The van der Waals surface area contributed by atoms with Gasteiger partial charge in [-0.2, -0.15) is 0 Å². The zero-order chi connectivity index (χ0) is 17.6. The van der Waals surface area contributed by atoms with Crippen LogP contribution in [-0.2, 0) is 11.3 Å². The molecule has 0 unspecified atom stereocenters. The lowest BCUT2D eigenvalue weighted by Gasteiger charge is -2.17. The van der Waals surface area contributed by atoms with Crippen LogP contribution in [-0.4, -0.2) is 44.8 Å². The molecule has 0 radical (unpaired) electrons. The number of nitrogens with zero attached hydrogens (tertiary/aromatic N) is 4. The van der Waals surface area contributed by atoms with Crippen molar-refractivity contribution in [3.8, 4) is 5.75 Å². The summed E-state index contributed by atoms with van der Waals surface area (Å²) in [6, 6.07) is 13.5. The quantitative estimate of drug-likeness (QED) is 0.609. The Morgan fingerprint density at radius 2 is 2.00 bits per heavy atom. The van der Waals surface area contributed by atoms with Gasteiger partial charge in [-0.3, -0.25) is 9.20 Å². The van der Waals surface area contributed by atoms with Crippen LogP contribution in [0.2, 0.25) is 0 Å². The van der Waals surface area contributed by atoms with Gasteiger partial charge in [0.15, 0.2) is 10.8 Å². The summed E-state index contributed by atoms with van der Waals surface area (Å²) < 4.78 is 7.31. The predicted molar refractivity (Wildman–Crippen MR) is 97.8 cm³/mol. The zero-order valence-corrected chi connectivity index (χ0v) is 15.1. The lowest BCUT2D eigenvalue weighted by molar-refractivity contribution is -0.127. The van der Waals surface area contributed by atoms with Crippen molar-refractivity contribution in [3.63, 3.8) is 0 Å². The molecule has 0 N–H and O–H groups in total. The van der Waals surface area contributed by atoms with Crippen LogP contribution < -0.4 is 4.74 Å². The van der Waals surface area contributed by atoms with E-state index in [2.05, 4.69) is 10.2 Å². The van der Waals surface area contributed by atoms with E-state index in [9.17, 15) is 4.79 Å². The van der Waals surface area contributed by atoms with Gasteiger partial charge in [0.2, 0.25) is 5.91 Å². The van der Waals surface area contributed by atoms with Crippen molar-refractivity contribution in [2.45, 2.75) is 18.6 Å². The summed E-state index contributed by atoms with van der Waals surface area (Å²) in [6.45, 7) is 3.16. The number of amides is 1. The van der Waals surface area contributed by atoms with E-state index in [1.165, 1.54) is 11.8 Å². The second-order valence-corrected chi connectivity index (χ2v) is 6.47. The Hall–Kier alpha value is -2.54. The highest BCUT2D eigenvalue weighted by atomic mass is 32.2. The Kier molecular flexibility index (Phi) is 5.55. The van der Waals surface area contributed by atoms with Gasteiger partial charge in [0.1, 0.15) is 5.75 Å². The number of carbonyl (C=O) groups excluding carboxylic acids is 1. The van der Waals surface area contributed by atoms with E-state index in [4.69, 9.17) is 4.74 Å². The number of rotatable bonds is 7. The molecule has 0 spiro atoms. The van der Waals surface area contributed by atoms with Crippen LogP contribution in [0.5, 0.6) is 5.75 Å². The first kappa shape index (κ1) is 17.3. The zero-order valence-electron chi connectivity index (χ0n) is 14.3. The van der Waals surface area contributed by atoms with Crippen LogP contribution in [0.3, 0.4) is 0 Å². The number of thioether (sulfide) groups is 1. The minimum atomic E-state index is 0.0477. The third-order valence-electron chi connectivity index (χ3n) is 3.69. The van der Waals surface area contributed by atoms with Crippen LogP contribution >= 0.6 is 11.8 Å². The summed E-state index contributed by atoms with van der Waals surface area (Å²) in [5.41, 5.74) is 1.84. The number of hydrogen-bond acceptors (Lipinski definition) is 5. The molecule has 6 nitrogen and oxygen atoms in total. The highest BCUT2D eigenvalue weighted by Crippen LogP contribution is 2.18. The molecule has 0 aliphatic carbocycles. The van der Waals surface area contributed by atoms with E-state index >= 15 is 0 Å². The van der Waals surface area contributed by atoms with Crippen LogP contribution in [0.1, 0.15) is 12.5 Å². The Balaban J connectivity index is 1.55. The molecule has 130 valence electrons. The highest BCUT2D eigenvalue weighted by Gasteiger charge is 2.13. The summed E-state index contributed by atoms with van der Waals surface area (Å²) in [7, 11) is 1.81. The van der Waals surface area contributed by atoms with E-state index in [-0.39, 0.29) is 5.91 Å². The molecule has 0 aliphatic heterocycles. The molecular weight excluding hydrogens is 336 g/mol. The average Bonchev–Trinajstić information content (AvgIpc) is 3.05. The Morgan fingerprint density at radius 1 is 1.20 bits per heavy atom. The summed E-state index contributed by atoms with van der Waals surface area (Å²) in [5.74, 6) is 1.21. The molecular formula is C18H20N4O2S. The van der Waals surface area contributed by atoms with Crippen molar-refractivity contribution in [1.29, 1.82) is 0 Å². The van der Waals surface area contributed by atoms with Crippen LogP contribution in [0.25, 0.3) is 5.65 Å². The monoisotopic (exact) mass is 356 g/mol. The van der Waals surface area contributed by atoms with Gasteiger partial charge in [0.25, 0.3) is 0 Å². The van der Waals surface area contributed by atoms with Crippen molar-refractivity contribution in [1.82, 2.24) is 19.5 Å². The van der Waals surface area contributed by atoms with Gasteiger partial charge in [-0.05, 0) is 36.8 Å². The number of fused-ring (bicyclic) bond motifs is 1. The van der Waals surface area contributed by atoms with Crippen molar-refractivity contribution in [3.05, 3.63) is 54.2 Å². The van der Waals surface area contributed by atoms with Crippen molar-refractivity contribution < 1.29 is 9.53 Å². The Bertz CT molecular complexity index is 848. The Morgan fingerprint density at radius 3 is 2.76 bits per heavy atom. The third kappa shape index (κ3) is 4.30. The SMILES string of the molecule is CCOc1ccc(CN(C)C(=O)CSc2nnc3ccccn23)cc1. The molecule has 0 saturated carbocycles. The van der Waals surface area contributed by atoms with Gasteiger partial charge in [-0.1, -0.05) is 30.0 Å². The second kappa shape index (κ2) is 8.02. The molecule has 1 amide bonds. The molecule has 3 aromatic rings. The molecule has 2 heterocycles. The van der Waals surface area contributed by atoms with E-state index in [1.54, 1.807) is 11.9 Å². The largest absolute Gasteiger partial charge is 0.494 e. The number of aromatic nitrogens is 3. The molecule has 0 bridgehead atoms. The second-order valence-electron chi connectivity index (χ2n) is 5.53. The summed E-state index contributed by atoms with van der Waals surface area (Å²) in [6.07, 6.45) is 1.89. The molecule has 3 rings (SSSR count). The van der Waals surface area contributed by atoms with Crippen molar-refractivity contribution in [2.75, 3.05) is 19.4 Å². The van der Waals surface area contributed by atoms with Crippen LogP contribution in [0.15, 0.2) is 53.8 Å². The van der Waals surface area contributed by atoms with E-state index in [0.717, 1.165) is 22.1 Å². The van der Waals surface area contributed by atoms with Gasteiger partial charge in [-0.15, -0.1) is 10.2 Å². The summed E-state index contributed by atoms with van der Waals surface area (Å²) in [4.78, 5) is 14.1. The number of pyridine rings is 1. The highest BCUT2D eigenvalue weighted by molar-refractivity contribution is 7.99. The normalized spacial score (nSPS) is 10.8. The van der Waals surface area contributed by atoms with Crippen molar-refractivity contribution in [2.24, 2.45) is 0 Å². The lowest BCUT2D eigenvalue weighted by atomic mass is 10.2. The van der Waals surface area contributed by atoms with E-state index < -0.39 is 0 Å². The molecule has 2 aromatic heterocycles. The minimum Gasteiger partial charge on any atom is -0.494 e. The van der Waals surface area contributed by atoms with Crippen LogP contribution in [0, 0.1) is 0 Å². The molecule has 0 fully saturated rings. The Labute approximate surface area is 150 Å². The van der Waals surface area contributed by atoms with Crippen molar-refractivity contribution >= 4 is 23.3 Å². The number of ether oxygens (including phenoxy) is 1. The lowest BCUT2D eigenvalue weighted by Crippen LogP contribution is -2.27. The van der Waals surface area contributed by atoms with Gasteiger partial charge in [0.05, 0.1) is 12.4 Å². The summed E-state index contributed by atoms with van der Waals surface area (Å²) in [5, 5.41) is 8.94. The maximum Gasteiger partial charge on any atom is 0.233 e. The minimum absolute atomic E-state index is 0.0477. The third-order valence-corrected chi connectivity index (χ3v) is 4.61. The molecule has 25 heavy (non-hydrogen) atoms. The van der Waals surface area contributed by atoms with Gasteiger partial charge < -0.3 is 9.64 Å². The standard InChI is InChI=1S/C18H20N4O2S/c1-3-24-15-9-7-14(8-10-15)12-21(2)17(23)13-25-18-20-19-16-6-4-5-11-22(16)18/h4-11H,3,12-13H2,1-2H3. The molecule has 7 heteroatoms. The van der Waals surface area contributed by atoms with E-state index in [0.29, 0.717) is 18.9 Å². The van der Waals surface area contributed by atoms with E-state index in [1.807, 2.05) is 60.0 Å². The number of benzene rings is 1. The maximum absolute atomic E-state index is 12.4. The van der Waals surface area contributed by atoms with Gasteiger partial charge >= 0.3 is 0 Å². The first-order chi connectivity index (χ1) is 12.2. The topological polar surface area (TPSA) is 59.7 Å². The van der Waals surface area contributed by atoms with Gasteiger partial charge in [0, 0.05) is 19.8 Å². The molecule has 0 saturated heterocycles. The fourth-order valence-electron chi connectivity index (χ4n) is 2.37. The molecule has 0 aliphatic rings. The van der Waals surface area contributed by atoms with Crippen LogP contribution in [0.4, 0.5) is 0 Å². The first-order valence-electron chi connectivity index (χ1n) is 8.05. The average molecular weight is 356 g/mol. The van der Waals surface area contributed by atoms with Gasteiger partial charge in [-0.25, -0.2) is 0 Å². The number of hydrogen-bond donors (Lipinski definition) is 0.